The maximum atomic E-state index is 13.3. The number of ketones is 1. The average molecular weight is 362 g/mol. The van der Waals surface area contributed by atoms with E-state index in [4.69, 9.17) is 4.74 Å². The number of hydrogen-bond donors (Lipinski definition) is 0. The van der Waals surface area contributed by atoms with Gasteiger partial charge in [-0.1, -0.05) is 6.42 Å². The standard InChI is InChI=1S/C20H30N2O4/c1-11(2)22(19(24)15-9-8-10-15)14(5)18(23)16-12(3)17(20(25)26-7)21(6)13(16)4/h11,14-15H,8-10H2,1-7H3. The van der Waals surface area contributed by atoms with Gasteiger partial charge in [0.05, 0.1) is 13.2 Å². The van der Waals surface area contributed by atoms with Gasteiger partial charge in [0, 0.05) is 30.3 Å². The monoisotopic (exact) mass is 362 g/mol. The summed E-state index contributed by atoms with van der Waals surface area (Å²) in [5.74, 6) is -0.499. The second-order valence-electron chi connectivity index (χ2n) is 7.49. The second-order valence-corrected chi connectivity index (χ2v) is 7.49. The molecule has 1 aliphatic rings. The van der Waals surface area contributed by atoms with Crippen molar-refractivity contribution in [2.24, 2.45) is 13.0 Å². The predicted octanol–water partition coefficient (Wildman–Crippen LogP) is 3.04. The molecule has 1 amide bonds. The van der Waals surface area contributed by atoms with Gasteiger partial charge in [0.2, 0.25) is 5.91 Å². The molecule has 26 heavy (non-hydrogen) atoms. The first-order valence-electron chi connectivity index (χ1n) is 9.24. The number of carbonyl (C=O) groups is 3. The lowest BCUT2D eigenvalue weighted by atomic mass is 9.83. The number of carbonyl (C=O) groups excluding carboxylic acids is 3. The topological polar surface area (TPSA) is 68.6 Å². The lowest BCUT2D eigenvalue weighted by Crippen LogP contribution is -2.50. The van der Waals surface area contributed by atoms with Gasteiger partial charge in [-0.15, -0.1) is 0 Å². The van der Waals surface area contributed by atoms with Gasteiger partial charge in [-0.2, -0.15) is 0 Å². The normalized spacial score (nSPS) is 15.5. The Morgan fingerprint density at radius 1 is 1.15 bits per heavy atom. The zero-order valence-corrected chi connectivity index (χ0v) is 16.9. The molecule has 2 rings (SSSR count). The summed E-state index contributed by atoms with van der Waals surface area (Å²) < 4.78 is 6.54. The average Bonchev–Trinajstić information content (AvgIpc) is 2.73. The van der Waals surface area contributed by atoms with Gasteiger partial charge in [-0.05, 0) is 53.0 Å². The number of Topliss-reactive ketones (excluding diaryl/α,β-unsaturated/α-hetero) is 1. The first-order chi connectivity index (χ1) is 12.1. The van der Waals surface area contributed by atoms with Crippen LogP contribution in [0.3, 0.4) is 0 Å². The van der Waals surface area contributed by atoms with Gasteiger partial charge < -0.3 is 14.2 Å². The van der Waals surface area contributed by atoms with Crippen molar-refractivity contribution in [2.75, 3.05) is 7.11 Å². The summed E-state index contributed by atoms with van der Waals surface area (Å²) in [6.45, 7) is 9.22. The highest BCUT2D eigenvalue weighted by Crippen LogP contribution is 2.31. The Balaban J connectivity index is 2.40. The van der Waals surface area contributed by atoms with E-state index in [1.807, 2.05) is 20.8 Å². The summed E-state index contributed by atoms with van der Waals surface area (Å²) in [6, 6.07) is -0.639. The van der Waals surface area contributed by atoms with Crippen molar-refractivity contribution in [3.63, 3.8) is 0 Å². The Labute approximate surface area is 155 Å². The van der Waals surface area contributed by atoms with Crippen LogP contribution in [0, 0.1) is 19.8 Å². The van der Waals surface area contributed by atoms with E-state index < -0.39 is 12.0 Å². The molecule has 0 radical (unpaired) electrons. The summed E-state index contributed by atoms with van der Waals surface area (Å²) in [7, 11) is 3.07. The third-order valence-corrected chi connectivity index (χ3v) is 5.62. The molecule has 6 heteroatoms. The van der Waals surface area contributed by atoms with Crippen LogP contribution in [-0.2, 0) is 16.6 Å². The van der Waals surface area contributed by atoms with Crippen LogP contribution in [0.2, 0.25) is 0 Å². The quantitative estimate of drug-likeness (QED) is 0.576. The highest BCUT2D eigenvalue weighted by molar-refractivity contribution is 6.06. The van der Waals surface area contributed by atoms with Crippen LogP contribution in [0.25, 0.3) is 0 Å². The molecule has 1 fully saturated rings. The largest absolute Gasteiger partial charge is 0.464 e. The molecule has 1 atom stereocenters. The highest BCUT2D eigenvalue weighted by atomic mass is 16.5. The van der Waals surface area contributed by atoms with E-state index in [-0.39, 0.29) is 23.7 Å². The van der Waals surface area contributed by atoms with E-state index >= 15 is 0 Å². The van der Waals surface area contributed by atoms with Crippen LogP contribution in [0.4, 0.5) is 0 Å². The lowest BCUT2D eigenvalue weighted by Gasteiger charge is -2.37. The SMILES string of the molecule is COC(=O)c1c(C)c(C(=O)C(C)N(C(=O)C2CCC2)C(C)C)c(C)n1C. The van der Waals surface area contributed by atoms with E-state index in [1.54, 1.807) is 30.4 Å². The maximum Gasteiger partial charge on any atom is 0.354 e. The molecule has 1 aliphatic carbocycles. The van der Waals surface area contributed by atoms with Crippen molar-refractivity contribution in [1.29, 1.82) is 0 Å². The van der Waals surface area contributed by atoms with E-state index in [0.29, 0.717) is 22.5 Å². The Hall–Kier alpha value is -2.11. The summed E-state index contributed by atoms with van der Waals surface area (Å²) in [6.07, 6.45) is 2.88. The van der Waals surface area contributed by atoms with Crippen molar-refractivity contribution in [1.82, 2.24) is 9.47 Å². The number of ether oxygens (including phenoxy) is 1. The molecular weight excluding hydrogens is 332 g/mol. The first kappa shape index (κ1) is 20.2. The summed E-state index contributed by atoms with van der Waals surface area (Å²) in [5, 5.41) is 0. The van der Waals surface area contributed by atoms with E-state index in [2.05, 4.69) is 0 Å². The Morgan fingerprint density at radius 3 is 2.15 bits per heavy atom. The van der Waals surface area contributed by atoms with Crippen LogP contribution in [0.15, 0.2) is 0 Å². The zero-order chi connectivity index (χ0) is 19.8. The van der Waals surface area contributed by atoms with Crippen LogP contribution in [0.5, 0.6) is 0 Å². The molecule has 1 aromatic rings. The van der Waals surface area contributed by atoms with Gasteiger partial charge >= 0.3 is 5.97 Å². The number of nitrogens with zero attached hydrogens (tertiary/aromatic N) is 2. The molecule has 0 spiro atoms. The van der Waals surface area contributed by atoms with Gasteiger partial charge in [-0.3, -0.25) is 9.59 Å². The fourth-order valence-corrected chi connectivity index (χ4v) is 3.82. The fourth-order valence-electron chi connectivity index (χ4n) is 3.82. The molecule has 0 saturated heterocycles. The molecule has 1 heterocycles. The van der Waals surface area contributed by atoms with Crippen molar-refractivity contribution in [3.8, 4) is 0 Å². The van der Waals surface area contributed by atoms with E-state index in [9.17, 15) is 14.4 Å². The molecule has 0 N–H and O–H groups in total. The van der Waals surface area contributed by atoms with Crippen molar-refractivity contribution < 1.29 is 19.1 Å². The molecule has 0 aromatic carbocycles. The molecule has 144 valence electrons. The predicted molar refractivity (Wildman–Crippen MR) is 99.3 cm³/mol. The third-order valence-electron chi connectivity index (χ3n) is 5.62. The van der Waals surface area contributed by atoms with E-state index in [0.717, 1.165) is 19.3 Å². The first-order valence-corrected chi connectivity index (χ1v) is 9.24. The van der Waals surface area contributed by atoms with Crippen molar-refractivity contribution >= 4 is 17.7 Å². The molecule has 0 bridgehead atoms. The van der Waals surface area contributed by atoms with Crippen LogP contribution in [-0.4, -0.2) is 46.3 Å². The van der Waals surface area contributed by atoms with E-state index in [1.165, 1.54) is 7.11 Å². The zero-order valence-electron chi connectivity index (χ0n) is 16.9. The van der Waals surface area contributed by atoms with Crippen LogP contribution >= 0.6 is 0 Å². The van der Waals surface area contributed by atoms with Crippen LogP contribution in [0.1, 0.15) is 72.1 Å². The van der Waals surface area contributed by atoms with Crippen LogP contribution < -0.4 is 0 Å². The maximum absolute atomic E-state index is 13.3. The number of rotatable bonds is 6. The molecule has 6 nitrogen and oxygen atoms in total. The third kappa shape index (κ3) is 3.29. The Morgan fingerprint density at radius 2 is 1.73 bits per heavy atom. The highest BCUT2D eigenvalue weighted by Gasteiger charge is 2.37. The number of hydrogen-bond acceptors (Lipinski definition) is 4. The minimum atomic E-state index is -0.576. The Bertz CT molecular complexity index is 729. The number of aromatic nitrogens is 1. The summed E-state index contributed by atoms with van der Waals surface area (Å²) in [4.78, 5) is 39.9. The lowest BCUT2D eigenvalue weighted by molar-refractivity contribution is -0.141. The minimum Gasteiger partial charge on any atom is -0.464 e. The Kier molecular flexibility index (Phi) is 5.94. The van der Waals surface area contributed by atoms with Gasteiger partial charge in [0.1, 0.15) is 5.69 Å². The molecular formula is C20H30N2O4. The number of amides is 1. The molecule has 1 aromatic heterocycles. The molecule has 0 aliphatic heterocycles. The van der Waals surface area contributed by atoms with Crippen molar-refractivity contribution in [3.05, 3.63) is 22.5 Å². The molecule has 1 saturated carbocycles. The van der Waals surface area contributed by atoms with Crippen molar-refractivity contribution in [2.45, 2.75) is 66.0 Å². The van der Waals surface area contributed by atoms with Gasteiger partial charge in [0.25, 0.3) is 0 Å². The summed E-state index contributed by atoms with van der Waals surface area (Å²) in [5.41, 5.74) is 2.20. The molecule has 1 unspecified atom stereocenters. The fraction of sp³-hybridized carbons (Fsp3) is 0.650. The second kappa shape index (κ2) is 7.64. The summed E-state index contributed by atoms with van der Waals surface area (Å²) >= 11 is 0. The smallest absolute Gasteiger partial charge is 0.354 e. The number of esters is 1. The number of methoxy groups -OCH3 is 1. The van der Waals surface area contributed by atoms with Gasteiger partial charge in [-0.25, -0.2) is 4.79 Å². The van der Waals surface area contributed by atoms with Gasteiger partial charge in [0.15, 0.2) is 5.78 Å². The minimum absolute atomic E-state index is 0.0382.